The predicted octanol–water partition coefficient (Wildman–Crippen LogP) is 1.44. The van der Waals surface area contributed by atoms with Gasteiger partial charge in [0.25, 0.3) is 0 Å². The van der Waals surface area contributed by atoms with Crippen molar-refractivity contribution in [1.29, 1.82) is 0 Å². The van der Waals surface area contributed by atoms with E-state index < -0.39 is 0 Å². The summed E-state index contributed by atoms with van der Waals surface area (Å²) in [6.45, 7) is 0. The lowest BCUT2D eigenvalue weighted by Crippen LogP contribution is -2.19. The average molecular weight is 194 g/mol. The minimum absolute atomic E-state index is 0.0545. The van der Waals surface area contributed by atoms with Crippen molar-refractivity contribution in [3.8, 4) is 0 Å². The van der Waals surface area contributed by atoms with E-state index in [9.17, 15) is 4.79 Å². The molecule has 3 N–H and O–H groups in total. The summed E-state index contributed by atoms with van der Waals surface area (Å²) < 4.78 is 0. The largest absolute Gasteiger partial charge is 0.398 e. The number of carbonyl (C=O) groups is 1. The molecule has 3 nitrogen and oxygen atoms in total. The third-order valence-electron chi connectivity index (χ3n) is 2.15. The number of hydrogen-bond donors (Lipinski definition) is 3. The van der Waals surface area contributed by atoms with Crippen LogP contribution in [-0.2, 0) is 11.2 Å². The van der Waals surface area contributed by atoms with Gasteiger partial charge in [0.15, 0.2) is 0 Å². The number of thiol groups is 1. The minimum Gasteiger partial charge on any atom is -0.398 e. The summed E-state index contributed by atoms with van der Waals surface area (Å²) in [5.74, 6) is 0.0545. The number of rotatable bonds is 0. The lowest BCUT2D eigenvalue weighted by Gasteiger charge is -2.17. The highest BCUT2D eigenvalue weighted by molar-refractivity contribution is 7.80. The quantitative estimate of drug-likeness (QED) is 0.432. The van der Waals surface area contributed by atoms with Crippen LogP contribution in [0.2, 0.25) is 0 Å². The normalized spacial score (nSPS) is 15.0. The number of nitrogens with two attached hydrogens (primary N) is 1. The smallest absolute Gasteiger partial charge is 0.224 e. The maximum atomic E-state index is 11.1. The summed E-state index contributed by atoms with van der Waals surface area (Å²) in [5.41, 5.74) is 8.20. The van der Waals surface area contributed by atoms with E-state index in [2.05, 4.69) is 17.9 Å². The SMILES string of the molecule is Nc1cc2c(cc1S)CCC(=O)N2. The molecule has 1 aliphatic heterocycles. The first-order valence-corrected chi connectivity index (χ1v) is 4.53. The van der Waals surface area contributed by atoms with Crippen molar-refractivity contribution in [3.63, 3.8) is 0 Å². The molecule has 1 heterocycles. The van der Waals surface area contributed by atoms with Crippen LogP contribution in [0.3, 0.4) is 0 Å². The molecule has 1 amide bonds. The Hall–Kier alpha value is -1.16. The molecule has 0 atom stereocenters. The fourth-order valence-electron chi connectivity index (χ4n) is 1.43. The number of benzene rings is 1. The summed E-state index contributed by atoms with van der Waals surface area (Å²) in [7, 11) is 0. The fraction of sp³-hybridized carbons (Fsp3) is 0.222. The maximum absolute atomic E-state index is 11.1. The second kappa shape index (κ2) is 2.96. The number of fused-ring (bicyclic) bond motifs is 1. The van der Waals surface area contributed by atoms with Gasteiger partial charge in [0.2, 0.25) is 5.91 Å². The van der Waals surface area contributed by atoms with Crippen LogP contribution in [0.1, 0.15) is 12.0 Å². The molecule has 1 aliphatic rings. The highest BCUT2D eigenvalue weighted by atomic mass is 32.1. The van der Waals surface area contributed by atoms with Crippen LogP contribution >= 0.6 is 12.6 Å². The molecule has 0 saturated carbocycles. The topological polar surface area (TPSA) is 55.1 Å². The molecule has 1 aromatic rings. The van der Waals surface area contributed by atoms with E-state index in [1.807, 2.05) is 6.07 Å². The summed E-state index contributed by atoms with van der Waals surface area (Å²) >= 11 is 4.22. The second-order valence-corrected chi connectivity index (χ2v) is 3.60. The first kappa shape index (κ1) is 8.44. The van der Waals surface area contributed by atoms with E-state index in [0.29, 0.717) is 12.1 Å². The molecule has 0 bridgehead atoms. The van der Waals surface area contributed by atoms with Gasteiger partial charge in [0.05, 0.1) is 0 Å². The van der Waals surface area contributed by atoms with Crippen molar-refractivity contribution in [3.05, 3.63) is 17.7 Å². The third-order valence-corrected chi connectivity index (χ3v) is 2.54. The molecular weight excluding hydrogens is 184 g/mol. The lowest BCUT2D eigenvalue weighted by molar-refractivity contribution is -0.116. The maximum Gasteiger partial charge on any atom is 0.224 e. The standard InChI is InChI=1S/C9H10N2OS/c10-6-4-7-5(3-8(6)13)1-2-9(12)11-7/h3-4,13H,1-2,10H2,(H,11,12). The Morgan fingerprint density at radius 1 is 1.38 bits per heavy atom. The van der Waals surface area contributed by atoms with E-state index in [0.717, 1.165) is 22.6 Å². The Morgan fingerprint density at radius 2 is 2.15 bits per heavy atom. The highest BCUT2D eigenvalue weighted by Gasteiger charge is 2.15. The van der Waals surface area contributed by atoms with Crippen LogP contribution in [0.15, 0.2) is 17.0 Å². The van der Waals surface area contributed by atoms with E-state index in [4.69, 9.17) is 5.73 Å². The molecule has 68 valence electrons. The lowest BCUT2D eigenvalue weighted by atomic mass is 10.0. The number of nitrogens with one attached hydrogen (secondary N) is 1. The number of aryl methyl sites for hydroxylation is 1. The number of anilines is 2. The summed E-state index contributed by atoms with van der Waals surface area (Å²) in [6, 6.07) is 3.67. The Labute approximate surface area is 81.7 Å². The Bertz CT molecular complexity index is 376. The highest BCUT2D eigenvalue weighted by Crippen LogP contribution is 2.29. The summed E-state index contributed by atoms with van der Waals surface area (Å²) in [5, 5.41) is 2.78. The monoisotopic (exact) mass is 194 g/mol. The van der Waals surface area contributed by atoms with Crippen LogP contribution < -0.4 is 11.1 Å². The molecule has 0 fully saturated rings. The van der Waals surface area contributed by atoms with Crippen LogP contribution in [0.4, 0.5) is 11.4 Å². The second-order valence-electron chi connectivity index (χ2n) is 3.12. The van der Waals surface area contributed by atoms with E-state index >= 15 is 0 Å². The Kier molecular flexibility index (Phi) is 1.92. The molecule has 0 aliphatic carbocycles. The zero-order chi connectivity index (χ0) is 9.42. The summed E-state index contributed by atoms with van der Waals surface area (Å²) in [4.78, 5) is 11.8. The number of hydrogen-bond acceptors (Lipinski definition) is 3. The van der Waals surface area contributed by atoms with Gasteiger partial charge < -0.3 is 11.1 Å². The fourth-order valence-corrected chi connectivity index (χ4v) is 1.65. The van der Waals surface area contributed by atoms with Gasteiger partial charge in [-0.25, -0.2) is 0 Å². The first-order chi connectivity index (χ1) is 6.16. The van der Waals surface area contributed by atoms with Crippen molar-refractivity contribution in [2.75, 3.05) is 11.1 Å². The van der Waals surface area contributed by atoms with Crippen LogP contribution in [0.25, 0.3) is 0 Å². The van der Waals surface area contributed by atoms with Crippen molar-refractivity contribution in [1.82, 2.24) is 0 Å². The summed E-state index contributed by atoms with van der Waals surface area (Å²) in [6.07, 6.45) is 1.32. The molecule has 4 heteroatoms. The molecule has 1 aromatic carbocycles. The number of nitrogen functional groups attached to an aromatic ring is 1. The van der Waals surface area contributed by atoms with Gasteiger partial charge in [-0.15, -0.1) is 12.6 Å². The van der Waals surface area contributed by atoms with Gasteiger partial charge in [-0.1, -0.05) is 0 Å². The van der Waals surface area contributed by atoms with E-state index in [1.165, 1.54) is 0 Å². The van der Waals surface area contributed by atoms with Crippen molar-refractivity contribution < 1.29 is 4.79 Å². The molecule has 2 rings (SSSR count). The van der Waals surface area contributed by atoms with Gasteiger partial charge in [-0.05, 0) is 24.1 Å². The van der Waals surface area contributed by atoms with Crippen molar-refractivity contribution in [2.45, 2.75) is 17.7 Å². The minimum atomic E-state index is 0.0545. The van der Waals surface area contributed by atoms with Crippen molar-refractivity contribution in [2.24, 2.45) is 0 Å². The van der Waals surface area contributed by atoms with Crippen molar-refractivity contribution >= 4 is 29.9 Å². The zero-order valence-electron chi connectivity index (χ0n) is 7.00. The number of amides is 1. The van der Waals surface area contributed by atoms with Gasteiger partial charge in [0.1, 0.15) is 0 Å². The van der Waals surface area contributed by atoms with E-state index in [-0.39, 0.29) is 5.91 Å². The average Bonchev–Trinajstić information content (AvgIpc) is 2.08. The first-order valence-electron chi connectivity index (χ1n) is 4.08. The van der Waals surface area contributed by atoms with E-state index in [1.54, 1.807) is 6.07 Å². The van der Waals surface area contributed by atoms with Gasteiger partial charge in [0, 0.05) is 22.7 Å². The molecule has 0 unspecified atom stereocenters. The Morgan fingerprint density at radius 3 is 2.92 bits per heavy atom. The number of carbonyl (C=O) groups excluding carboxylic acids is 1. The van der Waals surface area contributed by atoms with Gasteiger partial charge >= 0.3 is 0 Å². The molecular formula is C9H10N2OS. The van der Waals surface area contributed by atoms with Crippen LogP contribution in [0.5, 0.6) is 0 Å². The predicted molar refractivity (Wildman–Crippen MR) is 55.1 cm³/mol. The molecule has 0 aromatic heterocycles. The molecule has 13 heavy (non-hydrogen) atoms. The molecule has 0 saturated heterocycles. The molecule has 0 radical (unpaired) electrons. The van der Waals surface area contributed by atoms with Gasteiger partial charge in [-0.2, -0.15) is 0 Å². The zero-order valence-corrected chi connectivity index (χ0v) is 7.90. The molecule has 0 spiro atoms. The van der Waals surface area contributed by atoms with Crippen LogP contribution in [-0.4, -0.2) is 5.91 Å². The Balaban J connectivity index is 2.49. The van der Waals surface area contributed by atoms with Gasteiger partial charge in [-0.3, -0.25) is 4.79 Å². The third kappa shape index (κ3) is 1.49. The van der Waals surface area contributed by atoms with Crippen LogP contribution in [0, 0.1) is 0 Å².